The molecule has 0 aliphatic heterocycles. The van der Waals surface area contributed by atoms with Gasteiger partial charge in [0.25, 0.3) is 5.89 Å². The fourth-order valence-corrected chi connectivity index (χ4v) is 1.51. The third kappa shape index (κ3) is 1.67. The molecule has 0 saturated carbocycles. The van der Waals surface area contributed by atoms with Gasteiger partial charge in [-0.25, -0.2) is 4.79 Å². The van der Waals surface area contributed by atoms with Crippen LogP contribution in [0.5, 0.6) is 0 Å². The largest absolute Gasteiger partial charge is 0.459 e. The van der Waals surface area contributed by atoms with Crippen LogP contribution < -0.4 is 5.76 Å². The zero-order chi connectivity index (χ0) is 11.7. The summed E-state index contributed by atoms with van der Waals surface area (Å²) < 4.78 is 11.3. The number of rotatable bonds is 2. The van der Waals surface area contributed by atoms with Crippen LogP contribution in [0.2, 0.25) is 0 Å². The van der Waals surface area contributed by atoms with Crippen molar-refractivity contribution in [3.05, 3.63) is 59.3 Å². The molecule has 0 aliphatic carbocycles. The summed E-state index contributed by atoms with van der Waals surface area (Å²) in [4.78, 5) is 11.6. The van der Waals surface area contributed by atoms with Gasteiger partial charge in [0.05, 0.1) is 12.0 Å². The third-order valence-corrected chi connectivity index (χ3v) is 2.28. The molecule has 3 rings (SSSR count). The van der Waals surface area contributed by atoms with Crippen LogP contribution in [0, 0.1) is 0 Å². The Hall–Kier alpha value is -2.56. The average Bonchev–Trinajstić information content (AvgIpc) is 2.99. The maximum Gasteiger partial charge on any atom is 0.442 e. The van der Waals surface area contributed by atoms with Crippen LogP contribution in [0.1, 0.15) is 0 Å². The first-order valence-corrected chi connectivity index (χ1v) is 5.04. The average molecular weight is 228 g/mol. The second-order valence-electron chi connectivity index (χ2n) is 3.40. The summed E-state index contributed by atoms with van der Waals surface area (Å²) in [5.74, 6) is 0.0586. The summed E-state index contributed by atoms with van der Waals surface area (Å²) in [5, 5.41) is 4.07. The fraction of sp³-hybridized carbons (Fsp3) is 0. The molecule has 5 heteroatoms. The molecule has 0 unspecified atom stereocenters. The van der Waals surface area contributed by atoms with Crippen molar-refractivity contribution in [3.8, 4) is 17.3 Å². The summed E-state index contributed by atoms with van der Waals surface area (Å²) in [5.41, 5.74) is 0.652. The van der Waals surface area contributed by atoms with E-state index in [-0.39, 0.29) is 5.89 Å². The molecule has 0 amide bonds. The minimum absolute atomic E-state index is 0.170. The SMILES string of the molecule is O=c1oc(-c2ccco2)nn1-c1ccccc1. The number of aromatic nitrogens is 2. The topological polar surface area (TPSA) is 61.2 Å². The van der Waals surface area contributed by atoms with Gasteiger partial charge in [0.2, 0.25) is 0 Å². The van der Waals surface area contributed by atoms with Gasteiger partial charge < -0.3 is 8.83 Å². The van der Waals surface area contributed by atoms with Crippen LogP contribution in [0.25, 0.3) is 17.3 Å². The van der Waals surface area contributed by atoms with E-state index in [1.54, 1.807) is 24.3 Å². The van der Waals surface area contributed by atoms with Gasteiger partial charge in [-0.3, -0.25) is 0 Å². The van der Waals surface area contributed by atoms with Crippen LogP contribution in [0.15, 0.2) is 62.4 Å². The second kappa shape index (κ2) is 3.79. The molecule has 84 valence electrons. The molecule has 0 fully saturated rings. The van der Waals surface area contributed by atoms with Crippen LogP contribution >= 0.6 is 0 Å². The molecule has 2 heterocycles. The predicted octanol–water partition coefficient (Wildman–Crippen LogP) is 2.09. The second-order valence-corrected chi connectivity index (χ2v) is 3.40. The smallest absolute Gasteiger partial charge is 0.442 e. The minimum Gasteiger partial charge on any atom is -0.459 e. The molecular formula is C12H8N2O3. The van der Waals surface area contributed by atoms with Gasteiger partial charge in [0.1, 0.15) is 0 Å². The van der Waals surface area contributed by atoms with E-state index in [2.05, 4.69) is 5.10 Å². The van der Waals surface area contributed by atoms with E-state index in [0.29, 0.717) is 11.4 Å². The Morgan fingerprint density at radius 3 is 2.59 bits per heavy atom. The number of para-hydroxylation sites is 1. The normalized spacial score (nSPS) is 10.6. The first-order valence-electron chi connectivity index (χ1n) is 5.04. The maximum atomic E-state index is 11.6. The number of nitrogens with zero attached hydrogens (tertiary/aromatic N) is 2. The van der Waals surface area contributed by atoms with Crippen molar-refractivity contribution in [1.82, 2.24) is 9.78 Å². The molecule has 0 spiro atoms. The zero-order valence-corrected chi connectivity index (χ0v) is 8.74. The van der Waals surface area contributed by atoms with Crippen LogP contribution in [0.4, 0.5) is 0 Å². The van der Waals surface area contributed by atoms with Gasteiger partial charge in [-0.1, -0.05) is 18.2 Å². The Morgan fingerprint density at radius 2 is 1.88 bits per heavy atom. The van der Waals surface area contributed by atoms with E-state index in [1.807, 2.05) is 18.2 Å². The number of hydrogen-bond donors (Lipinski definition) is 0. The molecule has 0 bridgehead atoms. The zero-order valence-electron chi connectivity index (χ0n) is 8.74. The highest BCUT2D eigenvalue weighted by Gasteiger charge is 2.13. The van der Waals surface area contributed by atoms with E-state index in [9.17, 15) is 4.79 Å². The fourth-order valence-electron chi connectivity index (χ4n) is 1.51. The van der Waals surface area contributed by atoms with Gasteiger partial charge in [0.15, 0.2) is 5.76 Å². The lowest BCUT2D eigenvalue weighted by Crippen LogP contribution is -2.12. The lowest BCUT2D eigenvalue weighted by molar-refractivity contribution is 0.487. The monoisotopic (exact) mass is 228 g/mol. The molecule has 0 saturated heterocycles. The molecule has 1 aromatic carbocycles. The van der Waals surface area contributed by atoms with Gasteiger partial charge in [-0.15, -0.1) is 5.10 Å². The van der Waals surface area contributed by atoms with Crippen molar-refractivity contribution < 1.29 is 8.83 Å². The first kappa shape index (κ1) is 9.65. The molecule has 0 N–H and O–H groups in total. The lowest BCUT2D eigenvalue weighted by atomic mass is 10.3. The Kier molecular flexibility index (Phi) is 2.15. The predicted molar refractivity (Wildman–Crippen MR) is 59.8 cm³/mol. The molecule has 17 heavy (non-hydrogen) atoms. The van der Waals surface area contributed by atoms with E-state index < -0.39 is 5.76 Å². The van der Waals surface area contributed by atoms with Gasteiger partial charge >= 0.3 is 5.76 Å². The molecule has 0 atom stereocenters. The van der Waals surface area contributed by atoms with Crippen molar-refractivity contribution in [2.75, 3.05) is 0 Å². The van der Waals surface area contributed by atoms with Crippen molar-refractivity contribution in [1.29, 1.82) is 0 Å². The Balaban J connectivity index is 2.12. The summed E-state index contributed by atoms with van der Waals surface area (Å²) in [6, 6.07) is 12.4. The molecule has 5 nitrogen and oxygen atoms in total. The summed E-state index contributed by atoms with van der Waals surface area (Å²) >= 11 is 0. The maximum absolute atomic E-state index is 11.6. The first-order chi connectivity index (χ1) is 8.34. The number of hydrogen-bond acceptors (Lipinski definition) is 4. The molecular weight excluding hydrogens is 220 g/mol. The third-order valence-electron chi connectivity index (χ3n) is 2.28. The van der Waals surface area contributed by atoms with Crippen molar-refractivity contribution >= 4 is 0 Å². The van der Waals surface area contributed by atoms with E-state index in [4.69, 9.17) is 8.83 Å². The highest BCUT2D eigenvalue weighted by Crippen LogP contribution is 2.16. The van der Waals surface area contributed by atoms with Crippen molar-refractivity contribution in [3.63, 3.8) is 0 Å². The highest BCUT2D eigenvalue weighted by atomic mass is 16.4. The molecule has 2 aromatic heterocycles. The minimum atomic E-state index is -0.539. The van der Waals surface area contributed by atoms with E-state index >= 15 is 0 Å². The van der Waals surface area contributed by atoms with E-state index in [0.717, 1.165) is 0 Å². The molecule has 0 radical (unpaired) electrons. The van der Waals surface area contributed by atoms with Crippen LogP contribution in [-0.2, 0) is 0 Å². The summed E-state index contributed by atoms with van der Waals surface area (Å²) in [6.07, 6.45) is 1.50. The van der Waals surface area contributed by atoms with Gasteiger partial charge in [-0.05, 0) is 24.3 Å². The summed E-state index contributed by atoms with van der Waals surface area (Å²) in [6.45, 7) is 0. The van der Waals surface area contributed by atoms with Gasteiger partial charge in [-0.2, -0.15) is 4.68 Å². The molecule has 0 aliphatic rings. The molecule has 3 aromatic rings. The van der Waals surface area contributed by atoms with Crippen LogP contribution in [-0.4, -0.2) is 9.78 Å². The van der Waals surface area contributed by atoms with Crippen molar-refractivity contribution in [2.24, 2.45) is 0 Å². The highest BCUT2D eigenvalue weighted by molar-refractivity contribution is 5.43. The van der Waals surface area contributed by atoms with Crippen molar-refractivity contribution in [2.45, 2.75) is 0 Å². The Bertz CT molecular complexity index is 665. The standard InChI is InChI=1S/C12H8N2O3/c15-12-14(9-5-2-1-3-6-9)13-11(17-12)10-7-4-8-16-10/h1-8H. The Labute approximate surface area is 95.9 Å². The lowest BCUT2D eigenvalue weighted by Gasteiger charge is -1.95. The van der Waals surface area contributed by atoms with Gasteiger partial charge in [0, 0.05) is 0 Å². The quantitative estimate of drug-likeness (QED) is 0.673. The Morgan fingerprint density at radius 1 is 1.06 bits per heavy atom. The number of benzene rings is 1. The van der Waals surface area contributed by atoms with Crippen LogP contribution in [0.3, 0.4) is 0 Å². The number of furan rings is 1. The summed E-state index contributed by atoms with van der Waals surface area (Å²) in [7, 11) is 0. The van der Waals surface area contributed by atoms with E-state index in [1.165, 1.54) is 10.9 Å².